The highest BCUT2D eigenvalue weighted by Crippen LogP contribution is 2.30. The van der Waals surface area contributed by atoms with Crippen molar-refractivity contribution in [3.05, 3.63) is 65.0 Å². The first kappa shape index (κ1) is 15.8. The highest BCUT2D eigenvalue weighted by Gasteiger charge is 2.10. The van der Waals surface area contributed by atoms with Crippen LogP contribution < -0.4 is 0 Å². The number of aryl methyl sites for hydroxylation is 1. The third kappa shape index (κ3) is 2.92. The topological polar surface area (TPSA) is 34.9 Å². The molecule has 23 heavy (non-hydrogen) atoms. The minimum atomic E-state index is 0.447. The zero-order valence-corrected chi connectivity index (χ0v) is 14.4. The van der Waals surface area contributed by atoms with Gasteiger partial charge in [0.05, 0.1) is 5.03 Å². The maximum Gasteiger partial charge on any atom is 0.152 e. The average Bonchev–Trinajstić information content (AvgIpc) is 2.89. The van der Waals surface area contributed by atoms with Crippen LogP contribution in [0.4, 0.5) is 0 Å². The molecule has 0 fully saturated rings. The van der Waals surface area contributed by atoms with Crippen LogP contribution in [0.3, 0.4) is 0 Å². The smallest absolute Gasteiger partial charge is 0.152 e. The molecule has 1 aromatic carbocycles. The quantitative estimate of drug-likeness (QED) is 0.387. The highest BCUT2D eigenvalue weighted by atomic mass is 35.5. The van der Waals surface area contributed by atoms with Crippen molar-refractivity contribution < 1.29 is 4.79 Å². The van der Waals surface area contributed by atoms with Crippen molar-refractivity contribution in [3.63, 3.8) is 0 Å². The third-order valence-corrected chi connectivity index (χ3v) is 4.64. The van der Waals surface area contributed by atoms with Gasteiger partial charge in [0.1, 0.15) is 5.15 Å². The molecule has 116 valence electrons. The summed E-state index contributed by atoms with van der Waals surface area (Å²) in [6.07, 6.45) is 4.67. The van der Waals surface area contributed by atoms with Crippen LogP contribution in [0.2, 0.25) is 5.15 Å². The number of halogens is 1. The van der Waals surface area contributed by atoms with E-state index in [4.69, 9.17) is 11.6 Å². The molecule has 0 amide bonds. The molecule has 0 aliphatic carbocycles. The van der Waals surface area contributed by atoms with Crippen molar-refractivity contribution in [1.29, 1.82) is 0 Å². The van der Waals surface area contributed by atoms with Gasteiger partial charge in [-0.15, -0.1) is 11.8 Å². The molecule has 0 radical (unpaired) electrons. The van der Waals surface area contributed by atoms with Gasteiger partial charge in [-0.2, -0.15) is 0 Å². The van der Waals surface area contributed by atoms with Crippen molar-refractivity contribution in [2.75, 3.05) is 6.26 Å². The van der Waals surface area contributed by atoms with Crippen molar-refractivity contribution in [1.82, 2.24) is 9.55 Å². The zero-order valence-electron chi connectivity index (χ0n) is 12.8. The van der Waals surface area contributed by atoms with Crippen LogP contribution in [-0.2, 0) is 7.05 Å². The van der Waals surface area contributed by atoms with Gasteiger partial charge in [-0.1, -0.05) is 24.2 Å². The van der Waals surface area contributed by atoms with Crippen molar-refractivity contribution in [3.8, 4) is 0 Å². The number of thioether (sulfide) groups is 1. The van der Waals surface area contributed by atoms with Crippen LogP contribution in [0.5, 0.6) is 0 Å². The lowest BCUT2D eigenvalue weighted by Crippen LogP contribution is -1.91. The minimum absolute atomic E-state index is 0.447. The molecule has 0 spiro atoms. The normalized spacial score (nSPS) is 10.9. The molecule has 0 aliphatic heterocycles. The van der Waals surface area contributed by atoms with E-state index in [2.05, 4.69) is 11.6 Å². The monoisotopic (exact) mass is 342 g/mol. The van der Waals surface area contributed by atoms with Crippen LogP contribution >= 0.6 is 23.4 Å². The molecule has 2 heterocycles. The number of pyridine rings is 1. The summed E-state index contributed by atoms with van der Waals surface area (Å²) in [6, 6.07) is 9.77. The fraction of sp³-hybridized carbons (Fsp3) is 0.111. The molecule has 3 aromatic rings. The van der Waals surface area contributed by atoms with E-state index >= 15 is 0 Å². The van der Waals surface area contributed by atoms with Gasteiger partial charge in [-0.05, 0) is 47.2 Å². The molecule has 2 aromatic heterocycles. The standard InChI is InChI=1S/C18H15ClN2OS/c1-11(13-7-17(19)20-18(8-13)23-3)12-4-5-16-15(6-12)14(10-22)9-21(16)2/h4-10H,1H2,2-3H3. The average molecular weight is 343 g/mol. The van der Waals surface area contributed by atoms with Gasteiger partial charge in [0.15, 0.2) is 6.29 Å². The Kier molecular flexibility index (Phi) is 4.28. The Morgan fingerprint density at radius 1 is 1.30 bits per heavy atom. The van der Waals surface area contributed by atoms with Gasteiger partial charge in [0.25, 0.3) is 0 Å². The molecule has 3 nitrogen and oxygen atoms in total. The lowest BCUT2D eigenvalue weighted by Gasteiger charge is -2.09. The number of aromatic nitrogens is 2. The lowest BCUT2D eigenvalue weighted by molar-refractivity contribution is 0.112. The van der Waals surface area contributed by atoms with Crippen molar-refractivity contribution in [2.45, 2.75) is 5.03 Å². The Labute approximate surface area is 144 Å². The summed E-state index contributed by atoms with van der Waals surface area (Å²) in [6.45, 7) is 4.19. The number of benzene rings is 1. The van der Waals surface area contributed by atoms with Gasteiger partial charge in [-0.25, -0.2) is 4.98 Å². The van der Waals surface area contributed by atoms with E-state index in [1.165, 1.54) is 11.8 Å². The Bertz CT molecular complexity index is 930. The summed E-state index contributed by atoms with van der Waals surface area (Å²) in [5.74, 6) is 0. The molecule has 0 bridgehead atoms. The van der Waals surface area contributed by atoms with Crippen LogP contribution in [0.15, 0.2) is 48.1 Å². The molecule has 3 rings (SSSR count). The Hall–Kier alpha value is -2.04. The number of nitrogens with zero attached hydrogens (tertiary/aromatic N) is 2. The predicted molar refractivity (Wildman–Crippen MR) is 97.5 cm³/mol. The van der Waals surface area contributed by atoms with Gasteiger partial charge in [0, 0.05) is 29.7 Å². The SMILES string of the molecule is C=C(c1cc(Cl)nc(SC)c1)c1ccc2c(c1)c(C=O)cn2C. The number of aldehydes is 1. The van der Waals surface area contributed by atoms with E-state index in [9.17, 15) is 4.79 Å². The highest BCUT2D eigenvalue weighted by molar-refractivity contribution is 7.98. The maximum atomic E-state index is 11.2. The second-order valence-corrected chi connectivity index (χ2v) is 6.46. The summed E-state index contributed by atoms with van der Waals surface area (Å²) < 4.78 is 1.95. The first-order valence-electron chi connectivity index (χ1n) is 6.99. The molecular weight excluding hydrogens is 328 g/mol. The van der Waals surface area contributed by atoms with E-state index in [1.807, 2.05) is 48.3 Å². The second-order valence-electron chi connectivity index (χ2n) is 5.24. The summed E-state index contributed by atoms with van der Waals surface area (Å²) in [5.41, 5.74) is 4.43. The van der Waals surface area contributed by atoms with Gasteiger partial charge in [-0.3, -0.25) is 4.79 Å². The van der Waals surface area contributed by atoms with E-state index in [0.29, 0.717) is 10.7 Å². The van der Waals surface area contributed by atoms with E-state index in [0.717, 1.165) is 38.9 Å². The maximum absolute atomic E-state index is 11.2. The molecule has 0 saturated heterocycles. The Morgan fingerprint density at radius 2 is 2.09 bits per heavy atom. The van der Waals surface area contributed by atoms with Gasteiger partial charge in [0.2, 0.25) is 0 Å². The Balaban J connectivity index is 2.11. The summed E-state index contributed by atoms with van der Waals surface area (Å²) in [5, 5.41) is 2.22. The molecule has 0 aliphatic rings. The molecule has 0 N–H and O–H groups in total. The van der Waals surface area contributed by atoms with Crippen LogP contribution in [0.1, 0.15) is 21.5 Å². The molecular formula is C18H15ClN2OS. The molecule has 0 atom stereocenters. The van der Waals surface area contributed by atoms with E-state index < -0.39 is 0 Å². The van der Waals surface area contributed by atoms with Crippen LogP contribution in [0, 0.1) is 0 Å². The number of rotatable bonds is 4. The molecule has 0 unspecified atom stereocenters. The predicted octanol–water partition coefficient (Wildman–Crippen LogP) is 4.82. The number of hydrogen-bond donors (Lipinski definition) is 0. The fourth-order valence-electron chi connectivity index (χ4n) is 2.62. The third-order valence-electron chi connectivity index (χ3n) is 3.82. The van der Waals surface area contributed by atoms with E-state index in [-0.39, 0.29) is 0 Å². The minimum Gasteiger partial charge on any atom is -0.350 e. The summed E-state index contributed by atoms with van der Waals surface area (Å²) in [4.78, 5) is 15.5. The number of fused-ring (bicyclic) bond motifs is 1. The summed E-state index contributed by atoms with van der Waals surface area (Å²) in [7, 11) is 1.93. The van der Waals surface area contributed by atoms with Gasteiger partial charge >= 0.3 is 0 Å². The van der Waals surface area contributed by atoms with Gasteiger partial charge < -0.3 is 4.57 Å². The fourth-order valence-corrected chi connectivity index (χ4v) is 3.32. The first-order chi connectivity index (χ1) is 11.0. The van der Waals surface area contributed by atoms with Crippen molar-refractivity contribution in [2.24, 2.45) is 7.05 Å². The number of hydrogen-bond acceptors (Lipinski definition) is 3. The number of carbonyl (C=O) groups is 1. The summed E-state index contributed by atoms with van der Waals surface area (Å²) >= 11 is 7.63. The zero-order chi connectivity index (χ0) is 16.6. The van der Waals surface area contributed by atoms with Crippen LogP contribution in [0.25, 0.3) is 16.5 Å². The van der Waals surface area contributed by atoms with E-state index in [1.54, 1.807) is 6.07 Å². The second kappa shape index (κ2) is 6.22. The lowest BCUT2D eigenvalue weighted by atomic mass is 9.98. The first-order valence-corrected chi connectivity index (χ1v) is 8.59. The molecule has 5 heteroatoms. The van der Waals surface area contributed by atoms with Crippen molar-refractivity contribution >= 4 is 46.1 Å². The molecule has 0 saturated carbocycles. The number of carbonyl (C=O) groups excluding carboxylic acids is 1. The Morgan fingerprint density at radius 3 is 2.78 bits per heavy atom. The van der Waals surface area contributed by atoms with Crippen LogP contribution in [-0.4, -0.2) is 22.1 Å². The largest absolute Gasteiger partial charge is 0.350 e.